The summed E-state index contributed by atoms with van der Waals surface area (Å²) >= 11 is 3.39. The summed E-state index contributed by atoms with van der Waals surface area (Å²) in [5, 5.41) is 12.0. The van der Waals surface area contributed by atoms with E-state index in [0.717, 1.165) is 21.2 Å². The van der Waals surface area contributed by atoms with Gasteiger partial charge in [0.15, 0.2) is 0 Å². The summed E-state index contributed by atoms with van der Waals surface area (Å²) in [6, 6.07) is 15.3. The van der Waals surface area contributed by atoms with Gasteiger partial charge in [-0.15, -0.1) is 0 Å². The fraction of sp³-hybridized carbons (Fsp3) is 0.188. The molecule has 0 saturated carbocycles. The Morgan fingerprint density at radius 3 is 2.50 bits per heavy atom. The van der Waals surface area contributed by atoms with E-state index in [0.29, 0.717) is 13.0 Å². The third-order valence-electron chi connectivity index (χ3n) is 2.92. The van der Waals surface area contributed by atoms with E-state index in [9.17, 15) is 4.79 Å². The van der Waals surface area contributed by atoms with Gasteiger partial charge in [-0.2, -0.15) is 0 Å². The molecule has 0 unspecified atom stereocenters. The number of rotatable bonds is 5. The van der Waals surface area contributed by atoms with Gasteiger partial charge in [0.25, 0.3) is 0 Å². The largest absolute Gasteiger partial charge is 0.392 e. The Balaban J connectivity index is 1.88. The lowest BCUT2D eigenvalue weighted by atomic mass is 10.1. The van der Waals surface area contributed by atoms with E-state index in [1.165, 1.54) is 0 Å². The number of halogens is 1. The highest BCUT2D eigenvalue weighted by Crippen LogP contribution is 2.12. The fourth-order valence-electron chi connectivity index (χ4n) is 1.93. The number of benzene rings is 2. The summed E-state index contributed by atoms with van der Waals surface area (Å²) in [4.78, 5) is 11.9. The third kappa shape index (κ3) is 4.47. The average molecular weight is 334 g/mol. The highest BCUT2D eigenvalue weighted by molar-refractivity contribution is 9.10. The van der Waals surface area contributed by atoms with Crippen molar-refractivity contribution in [2.24, 2.45) is 0 Å². The topological polar surface area (TPSA) is 49.3 Å². The molecule has 4 heteroatoms. The second kappa shape index (κ2) is 7.22. The van der Waals surface area contributed by atoms with Gasteiger partial charge in [0, 0.05) is 11.0 Å². The van der Waals surface area contributed by atoms with Gasteiger partial charge in [0.2, 0.25) is 5.91 Å². The van der Waals surface area contributed by atoms with Gasteiger partial charge in [-0.25, -0.2) is 0 Å². The van der Waals surface area contributed by atoms with Crippen molar-refractivity contribution >= 4 is 21.8 Å². The minimum absolute atomic E-state index is 0.0137. The van der Waals surface area contributed by atoms with E-state index >= 15 is 0 Å². The second-order valence-electron chi connectivity index (χ2n) is 4.56. The number of aliphatic hydroxyl groups is 1. The predicted octanol–water partition coefficient (Wildman–Crippen LogP) is 2.80. The summed E-state index contributed by atoms with van der Waals surface area (Å²) in [6.45, 7) is 0.487. The number of aliphatic hydroxyl groups excluding tert-OH is 1. The molecule has 104 valence electrons. The molecule has 0 spiro atoms. The smallest absolute Gasteiger partial charge is 0.224 e. The number of nitrogens with one attached hydrogen (secondary N) is 1. The SMILES string of the molecule is O=C(Cc1cccc(Br)c1)NCc1cccc(CO)c1. The zero-order valence-electron chi connectivity index (χ0n) is 11.0. The number of hydrogen-bond acceptors (Lipinski definition) is 2. The molecule has 0 radical (unpaired) electrons. The molecule has 0 bridgehead atoms. The van der Waals surface area contributed by atoms with Crippen molar-refractivity contribution in [3.05, 3.63) is 69.7 Å². The van der Waals surface area contributed by atoms with Crippen LogP contribution in [0.3, 0.4) is 0 Å². The Bertz CT molecular complexity index is 599. The van der Waals surface area contributed by atoms with Gasteiger partial charge in [-0.05, 0) is 28.8 Å². The summed E-state index contributed by atoms with van der Waals surface area (Å²) in [5.74, 6) is -0.0162. The van der Waals surface area contributed by atoms with Crippen LogP contribution in [0.25, 0.3) is 0 Å². The van der Waals surface area contributed by atoms with E-state index in [1.54, 1.807) is 0 Å². The van der Waals surface area contributed by atoms with Crippen LogP contribution in [0.1, 0.15) is 16.7 Å². The normalized spacial score (nSPS) is 10.3. The first-order valence-electron chi connectivity index (χ1n) is 6.37. The van der Waals surface area contributed by atoms with Crippen LogP contribution >= 0.6 is 15.9 Å². The van der Waals surface area contributed by atoms with Gasteiger partial charge in [0.1, 0.15) is 0 Å². The third-order valence-corrected chi connectivity index (χ3v) is 3.41. The zero-order valence-corrected chi connectivity index (χ0v) is 12.6. The zero-order chi connectivity index (χ0) is 14.4. The van der Waals surface area contributed by atoms with Crippen LogP contribution in [0, 0.1) is 0 Å². The molecule has 0 atom stereocenters. The first-order chi connectivity index (χ1) is 9.67. The maximum Gasteiger partial charge on any atom is 0.224 e. The molecule has 0 aliphatic carbocycles. The van der Waals surface area contributed by atoms with Crippen LogP contribution in [0.5, 0.6) is 0 Å². The molecule has 1 amide bonds. The number of hydrogen-bond donors (Lipinski definition) is 2. The molecule has 3 nitrogen and oxygen atoms in total. The van der Waals surface area contributed by atoms with Crippen LogP contribution in [-0.4, -0.2) is 11.0 Å². The lowest BCUT2D eigenvalue weighted by molar-refractivity contribution is -0.120. The summed E-state index contributed by atoms with van der Waals surface area (Å²) in [5.41, 5.74) is 2.81. The molecule has 0 fully saturated rings. The minimum Gasteiger partial charge on any atom is -0.392 e. The van der Waals surface area contributed by atoms with Gasteiger partial charge < -0.3 is 10.4 Å². The Hall–Kier alpha value is -1.65. The lowest BCUT2D eigenvalue weighted by Gasteiger charge is -2.07. The predicted molar refractivity (Wildman–Crippen MR) is 82.1 cm³/mol. The Labute approximate surface area is 126 Å². The Morgan fingerprint density at radius 2 is 1.75 bits per heavy atom. The van der Waals surface area contributed by atoms with Gasteiger partial charge in [-0.1, -0.05) is 52.3 Å². The van der Waals surface area contributed by atoms with Crippen LogP contribution in [-0.2, 0) is 24.4 Å². The molecule has 2 aromatic carbocycles. The van der Waals surface area contributed by atoms with E-state index < -0.39 is 0 Å². The van der Waals surface area contributed by atoms with E-state index in [4.69, 9.17) is 5.11 Å². The molecule has 0 aliphatic rings. The first-order valence-corrected chi connectivity index (χ1v) is 7.16. The maximum atomic E-state index is 11.9. The molecule has 0 aliphatic heterocycles. The van der Waals surface area contributed by atoms with Crippen molar-refractivity contribution in [2.45, 2.75) is 19.6 Å². The highest BCUT2D eigenvalue weighted by atomic mass is 79.9. The van der Waals surface area contributed by atoms with Crippen molar-refractivity contribution in [2.75, 3.05) is 0 Å². The van der Waals surface area contributed by atoms with E-state index in [-0.39, 0.29) is 12.5 Å². The Morgan fingerprint density at radius 1 is 1.05 bits per heavy atom. The van der Waals surface area contributed by atoms with Gasteiger partial charge in [-0.3, -0.25) is 4.79 Å². The maximum absolute atomic E-state index is 11.9. The van der Waals surface area contributed by atoms with Gasteiger partial charge >= 0.3 is 0 Å². The number of carbonyl (C=O) groups excluding carboxylic acids is 1. The molecule has 0 aromatic heterocycles. The summed E-state index contributed by atoms with van der Waals surface area (Å²) < 4.78 is 0.971. The van der Waals surface area contributed by atoms with Crippen LogP contribution in [0.2, 0.25) is 0 Å². The second-order valence-corrected chi connectivity index (χ2v) is 5.48. The van der Waals surface area contributed by atoms with Crippen molar-refractivity contribution in [3.8, 4) is 0 Å². The lowest BCUT2D eigenvalue weighted by Crippen LogP contribution is -2.24. The minimum atomic E-state index is -0.0162. The van der Waals surface area contributed by atoms with Crippen molar-refractivity contribution in [1.29, 1.82) is 0 Å². The van der Waals surface area contributed by atoms with Crippen LogP contribution in [0.15, 0.2) is 53.0 Å². The highest BCUT2D eigenvalue weighted by Gasteiger charge is 2.04. The average Bonchev–Trinajstić information content (AvgIpc) is 2.45. The van der Waals surface area contributed by atoms with Gasteiger partial charge in [0.05, 0.1) is 13.0 Å². The Kier molecular flexibility index (Phi) is 5.32. The van der Waals surface area contributed by atoms with Crippen molar-refractivity contribution < 1.29 is 9.90 Å². The molecule has 20 heavy (non-hydrogen) atoms. The van der Waals surface area contributed by atoms with Crippen LogP contribution < -0.4 is 5.32 Å². The molecule has 2 N–H and O–H groups in total. The molecule has 0 heterocycles. The number of carbonyl (C=O) groups is 1. The quantitative estimate of drug-likeness (QED) is 0.883. The standard InChI is InChI=1S/C16H16BrNO2/c17-15-6-2-3-12(8-15)9-16(20)18-10-13-4-1-5-14(7-13)11-19/h1-8,19H,9-11H2,(H,18,20). The van der Waals surface area contributed by atoms with E-state index in [2.05, 4.69) is 21.2 Å². The van der Waals surface area contributed by atoms with E-state index in [1.807, 2.05) is 48.5 Å². The summed E-state index contributed by atoms with van der Waals surface area (Å²) in [6.07, 6.45) is 0.360. The molecule has 2 aromatic rings. The first kappa shape index (κ1) is 14.8. The molecular formula is C16H16BrNO2. The molecular weight excluding hydrogens is 318 g/mol. The molecule has 2 rings (SSSR count). The molecule has 0 saturated heterocycles. The summed E-state index contributed by atoms with van der Waals surface area (Å²) in [7, 11) is 0. The fourth-order valence-corrected chi connectivity index (χ4v) is 2.38. The monoisotopic (exact) mass is 333 g/mol. The van der Waals surface area contributed by atoms with Crippen molar-refractivity contribution in [1.82, 2.24) is 5.32 Å². The van der Waals surface area contributed by atoms with Crippen LogP contribution in [0.4, 0.5) is 0 Å². The van der Waals surface area contributed by atoms with Crippen molar-refractivity contribution in [3.63, 3.8) is 0 Å². The number of amides is 1.